The van der Waals surface area contributed by atoms with Crippen molar-refractivity contribution < 1.29 is 9.47 Å². The zero-order valence-corrected chi connectivity index (χ0v) is 4.96. The van der Waals surface area contributed by atoms with Gasteiger partial charge in [0.1, 0.15) is 0 Å². The van der Waals surface area contributed by atoms with Crippen molar-refractivity contribution in [3.8, 4) is 0 Å². The second-order valence-corrected chi connectivity index (χ2v) is 1.92. The van der Waals surface area contributed by atoms with Crippen LogP contribution in [0.1, 0.15) is 12.8 Å². The van der Waals surface area contributed by atoms with Gasteiger partial charge in [-0.3, -0.25) is 0 Å². The van der Waals surface area contributed by atoms with Crippen molar-refractivity contribution in [3.05, 3.63) is 6.92 Å². The molecular weight excluding hydrogens is 104 g/mol. The number of ether oxygens (including phenoxy) is 2. The molecule has 1 aliphatic heterocycles. The van der Waals surface area contributed by atoms with Gasteiger partial charge in [0.25, 0.3) is 0 Å². The van der Waals surface area contributed by atoms with E-state index >= 15 is 0 Å². The second kappa shape index (κ2) is 2.46. The van der Waals surface area contributed by atoms with Gasteiger partial charge < -0.3 is 9.47 Å². The first-order valence-electron chi connectivity index (χ1n) is 2.77. The first kappa shape index (κ1) is 6.05. The van der Waals surface area contributed by atoms with E-state index in [1.807, 2.05) is 0 Å². The van der Waals surface area contributed by atoms with Gasteiger partial charge in [-0.1, -0.05) is 0 Å². The number of methoxy groups -OCH3 is 1. The summed E-state index contributed by atoms with van der Waals surface area (Å²) in [4.78, 5) is 0. The smallest absolute Gasteiger partial charge is 0.157 e. The molecule has 1 rings (SSSR count). The Morgan fingerprint density at radius 1 is 1.62 bits per heavy atom. The van der Waals surface area contributed by atoms with Crippen molar-refractivity contribution in [3.63, 3.8) is 0 Å². The highest BCUT2D eigenvalue weighted by atomic mass is 16.7. The van der Waals surface area contributed by atoms with Crippen molar-refractivity contribution in [2.75, 3.05) is 7.11 Å². The Kier molecular flexibility index (Phi) is 1.86. The van der Waals surface area contributed by atoms with Crippen LogP contribution in [-0.4, -0.2) is 19.5 Å². The molecule has 1 heterocycles. The molecule has 2 radical (unpaired) electrons. The molecule has 1 fully saturated rings. The molecule has 2 atom stereocenters. The molecule has 0 amide bonds. The molecule has 0 aromatic rings. The predicted molar refractivity (Wildman–Crippen MR) is 29.2 cm³/mol. The molecule has 0 aliphatic carbocycles. The summed E-state index contributed by atoms with van der Waals surface area (Å²) in [6.07, 6.45) is 1.70. The van der Waals surface area contributed by atoms with Gasteiger partial charge >= 0.3 is 0 Å². The van der Waals surface area contributed by atoms with Crippen molar-refractivity contribution in [2.45, 2.75) is 25.2 Å². The molecule has 0 spiro atoms. The number of rotatable bonds is 1. The fourth-order valence-electron chi connectivity index (χ4n) is 0.805. The molecule has 8 heavy (non-hydrogen) atoms. The lowest BCUT2D eigenvalue weighted by Crippen LogP contribution is -2.09. The third-order valence-corrected chi connectivity index (χ3v) is 1.28. The fourth-order valence-corrected chi connectivity index (χ4v) is 0.805. The summed E-state index contributed by atoms with van der Waals surface area (Å²) in [5.74, 6) is 0. The summed E-state index contributed by atoms with van der Waals surface area (Å²) in [6.45, 7) is 5.40. The Morgan fingerprint density at radius 2 is 2.38 bits per heavy atom. The van der Waals surface area contributed by atoms with E-state index in [0.29, 0.717) is 0 Å². The molecule has 0 bridgehead atoms. The van der Waals surface area contributed by atoms with Gasteiger partial charge in [-0.15, -0.1) is 0 Å². The predicted octanol–water partition coefficient (Wildman–Crippen LogP) is 0.849. The SMILES string of the molecule is [CH]C1CC[C@@H](OC)O1. The summed E-state index contributed by atoms with van der Waals surface area (Å²) >= 11 is 0. The van der Waals surface area contributed by atoms with E-state index in [2.05, 4.69) is 0 Å². The average Bonchev–Trinajstić information content (AvgIpc) is 2.14. The van der Waals surface area contributed by atoms with Crippen LogP contribution in [0.2, 0.25) is 0 Å². The highest BCUT2D eigenvalue weighted by Crippen LogP contribution is 2.18. The lowest BCUT2D eigenvalue weighted by Gasteiger charge is -2.06. The van der Waals surface area contributed by atoms with E-state index in [0.717, 1.165) is 12.8 Å². The quantitative estimate of drug-likeness (QED) is 0.503. The summed E-state index contributed by atoms with van der Waals surface area (Å²) in [6, 6.07) is 0. The van der Waals surface area contributed by atoms with Gasteiger partial charge in [0.15, 0.2) is 6.29 Å². The van der Waals surface area contributed by atoms with Crippen molar-refractivity contribution in [1.82, 2.24) is 0 Å². The van der Waals surface area contributed by atoms with E-state index in [1.54, 1.807) is 7.11 Å². The molecule has 2 heteroatoms. The van der Waals surface area contributed by atoms with Crippen LogP contribution in [0.3, 0.4) is 0 Å². The maximum Gasteiger partial charge on any atom is 0.157 e. The minimum absolute atomic E-state index is 0.0509. The largest absolute Gasteiger partial charge is 0.356 e. The first-order chi connectivity index (χ1) is 3.83. The minimum Gasteiger partial charge on any atom is -0.356 e. The Morgan fingerprint density at radius 3 is 2.62 bits per heavy atom. The summed E-state index contributed by atoms with van der Waals surface area (Å²) < 4.78 is 9.95. The summed E-state index contributed by atoms with van der Waals surface area (Å²) in [7, 11) is 1.63. The molecule has 0 saturated carbocycles. The lowest BCUT2D eigenvalue weighted by molar-refractivity contribution is -0.104. The van der Waals surface area contributed by atoms with E-state index in [9.17, 15) is 0 Å². The topological polar surface area (TPSA) is 18.5 Å². The maximum atomic E-state index is 5.40. The Balaban J connectivity index is 2.22. The zero-order chi connectivity index (χ0) is 5.98. The summed E-state index contributed by atoms with van der Waals surface area (Å²) in [5.41, 5.74) is 0. The molecule has 2 nitrogen and oxygen atoms in total. The molecule has 1 unspecified atom stereocenters. The Labute approximate surface area is 49.8 Å². The van der Waals surface area contributed by atoms with Crippen molar-refractivity contribution in [2.24, 2.45) is 0 Å². The standard InChI is InChI=1S/C6H10O2/c1-5-3-4-6(7-2)8-5/h1,5-6H,3-4H2,2H3/t5?,6-/m0/s1. The van der Waals surface area contributed by atoms with Crippen LogP contribution in [0, 0.1) is 6.92 Å². The Hall–Kier alpha value is -0.0800. The highest BCUT2D eigenvalue weighted by Gasteiger charge is 2.20. The second-order valence-electron chi connectivity index (χ2n) is 1.92. The number of hydrogen-bond donors (Lipinski definition) is 0. The van der Waals surface area contributed by atoms with E-state index < -0.39 is 0 Å². The van der Waals surface area contributed by atoms with Crippen LogP contribution in [0.4, 0.5) is 0 Å². The van der Waals surface area contributed by atoms with Crippen molar-refractivity contribution in [1.29, 1.82) is 0 Å². The minimum atomic E-state index is -0.0973. The molecule has 0 aromatic heterocycles. The van der Waals surface area contributed by atoms with E-state index in [-0.39, 0.29) is 12.4 Å². The van der Waals surface area contributed by atoms with Gasteiger partial charge in [-0.25, -0.2) is 0 Å². The third-order valence-electron chi connectivity index (χ3n) is 1.28. The molecule has 1 aliphatic rings. The third kappa shape index (κ3) is 1.20. The molecule has 46 valence electrons. The summed E-state index contributed by atoms with van der Waals surface area (Å²) in [5, 5.41) is 0. The molecule has 1 saturated heterocycles. The van der Waals surface area contributed by atoms with Crippen LogP contribution in [0.5, 0.6) is 0 Å². The first-order valence-corrected chi connectivity index (χ1v) is 2.77. The van der Waals surface area contributed by atoms with E-state index in [4.69, 9.17) is 16.4 Å². The monoisotopic (exact) mass is 114 g/mol. The average molecular weight is 114 g/mol. The van der Waals surface area contributed by atoms with Crippen LogP contribution < -0.4 is 0 Å². The molecule has 0 N–H and O–H groups in total. The maximum absolute atomic E-state index is 5.40. The van der Waals surface area contributed by atoms with Gasteiger partial charge in [0, 0.05) is 13.5 Å². The lowest BCUT2D eigenvalue weighted by atomic mass is 10.3. The van der Waals surface area contributed by atoms with Gasteiger partial charge in [0.2, 0.25) is 0 Å². The highest BCUT2D eigenvalue weighted by molar-refractivity contribution is 4.68. The molecule has 0 aromatic carbocycles. The van der Waals surface area contributed by atoms with Crippen molar-refractivity contribution >= 4 is 0 Å². The fraction of sp³-hybridized carbons (Fsp3) is 0.833. The van der Waals surface area contributed by atoms with Crippen LogP contribution in [-0.2, 0) is 9.47 Å². The van der Waals surface area contributed by atoms with Gasteiger partial charge in [-0.05, 0) is 13.3 Å². The van der Waals surface area contributed by atoms with Crippen LogP contribution in [0.15, 0.2) is 0 Å². The van der Waals surface area contributed by atoms with E-state index in [1.165, 1.54) is 0 Å². The zero-order valence-electron chi connectivity index (χ0n) is 4.96. The van der Waals surface area contributed by atoms with Crippen LogP contribution >= 0.6 is 0 Å². The number of hydrogen-bond acceptors (Lipinski definition) is 2. The molecular formula is C6H10O2. The van der Waals surface area contributed by atoms with Gasteiger partial charge in [-0.2, -0.15) is 0 Å². The normalized spacial score (nSPS) is 38.2. The van der Waals surface area contributed by atoms with Gasteiger partial charge in [0.05, 0.1) is 6.10 Å². The van der Waals surface area contributed by atoms with Crippen LogP contribution in [0.25, 0.3) is 0 Å². The Bertz CT molecular complexity index is 72.9.